The first-order chi connectivity index (χ1) is 14.6. The minimum absolute atomic E-state index is 0.0640. The van der Waals surface area contributed by atoms with E-state index in [1.807, 2.05) is 68.4 Å². The monoisotopic (exact) mass is 420 g/mol. The van der Waals surface area contributed by atoms with Gasteiger partial charge in [0.05, 0.1) is 10.9 Å². The number of benzene rings is 2. The van der Waals surface area contributed by atoms with Crippen LogP contribution in [0.3, 0.4) is 0 Å². The van der Waals surface area contributed by atoms with Crippen LogP contribution in [0.15, 0.2) is 64.6 Å². The number of carbonyl (C=O) groups excluding carboxylic acids is 2. The van der Waals surface area contributed by atoms with Crippen LogP contribution in [0.5, 0.6) is 0 Å². The SMILES string of the molecule is CCC[C@H]1N=C2c3ccccc3N=C(S[C@H](CC)C(=O)Nc3ccccc3)N2C1=O. The lowest BCUT2D eigenvalue weighted by Crippen LogP contribution is -2.42. The third-order valence-electron chi connectivity index (χ3n) is 5.06. The van der Waals surface area contributed by atoms with Crippen molar-refractivity contribution in [3.63, 3.8) is 0 Å². The average Bonchev–Trinajstić information content (AvgIpc) is 3.09. The second kappa shape index (κ2) is 8.83. The zero-order valence-electron chi connectivity index (χ0n) is 17.0. The Morgan fingerprint density at radius 3 is 2.60 bits per heavy atom. The van der Waals surface area contributed by atoms with Gasteiger partial charge < -0.3 is 5.32 Å². The van der Waals surface area contributed by atoms with Gasteiger partial charge in [0.25, 0.3) is 5.91 Å². The van der Waals surface area contributed by atoms with Crippen LogP contribution in [0.25, 0.3) is 0 Å². The van der Waals surface area contributed by atoms with E-state index in [1.54, 1.807) is 4.90 Å². The highest BCUT2D eigenvalue weighted by Gasteiger charge is 2.41. The summed E-state index contributed by atoms with van der Waals surface area (Å²) in [7, 11) is 0. The van der Waals surface area contributed by atoms with Crippen molar-refractivity contribution < 1.29 is 9.59 Å². The number of rotatable bonds is 6. The van der Waals surface area contributed by atoms with E-state index < -0.39 is 0 Å². The Kier molecular flexibility index (Phi) is 5.99. The number of thioether (sulfide) groups is 1. The highest BCUT2D eigenvalue weighted by atomic mass is 32.2. The van der Waals surface area contributed by atoms with E-state index >= 15 is 0 Å². The normalized spacial score (nSPS) is 18.3. The molecule has 2 amide bonds. The van der Waals surface area contributed by atoms with E-state index in [0.29, 0.717) is 23.8 Å². The zero-order valence-corrected chi connectivity index (χ0v) is 17.9. The molecule has 154 valence electrons. The first-order valence-electron chi connectivity index (χ1n) is 10.2. The second-order valence-corrected chi connectivity index (χ2v) is 8.38. The predicted molar refractivity (Wildman–Crippen MR) is 122 cm³/mol. The van der Waals surface area contributed by atoms with E-state index in [9.17, 15) is 9.59 Å². The number of amides is 2. The first-order valence-corrected chi connectivity index (χ1v) is 11.1. The van der Waals surface area contributed by atoms with Crippen molar-refractivity contribution in [2.24, 2.45) is 9.98 Å². The molecule has 0 fully saturated rings. The summed E-state index contributed by atoms with van der Waals surface area (Å²) in [5.74, 6) is 0.473. The van der Waals surface area contributed by atoms with Crippen LogP contribution in [0.4, 0.5) is 11.4 Å². The van der Waals surface area contributed by atoms with Gasteiger partial charge in [-0.25, -0.2) is 9.89 Å². The van der Waals surface area contributed by atoms with Crippen molar-refractivity contribution in [3.8, 4) is 0 Å². The molecule has 2 atom stereocenters. The Balaban J connectivity index is 1.62. The van der Waals surface area contributed by atoms with Gasteiger partial charge in [-0.1, -0.05) is 62.4 Å². The fourth-order valence-electron chi connectivity index (χ4n) is 3.54. The Labute approximate surface area is 180 Å². The van der Waals surface area contributed by atoms with Crippen LogP contribution in [0, 0.1) is 0 Å². The molecular formula is C23H24N4O2S. The van der Waals surface area contributed by atoms with Crippen LogP contribution >= 0.6 is 11.8 Å². The lowest BCUT2D eigenvalue weighted by atomic mass is 10.1. The van der Waals surface area contributed by atoms with E-state index in [0.717, 1.165) is 23.4 Å². The number of nitrogens with zero attached hydrogens (tertiary/aromatic N) is 3. The number of amidine groups is 2. The Morgan fingerprint density at radius 1 is 1.13 bits per heavy atom. The minimum Gasteiger partial charge on any atom is -0.325 e. The summed E-state index contributed by atoms with van der Waals surface area (Å²) >= 11 is 1.32. The van der Waals surface area contributed by atoms with Crippen LogP contribution in [-0.4, -0.2) is 39.0 Å². The van der Waals surface area contributed by atoms with E-state index in [1.165, 1.54) is 11.8 Å². The third-order valence-corrected chi connectivity index (χ3v) is 6.38. The molecule has 2 aromatic carbocycles. The quantitative estimate of drug-likeness (QED) is 0.742. The molecule has 6 nitrogen and oxygen atoms in total. The molecule has 0 spiro atoms. The molecule has 0 aliphatic carbocycles. The number of nitrogens with one attached hydrogen (secondary N) is 1. The van der Waals surface area contributed by atoms with Gasteiger partial charge in [0.1, 0.15) is 11.9 Å². The van der Waals surface area contributed by atoms with Crippen LogP contribution in [0.1, 0.15) is 38.7 Å². The number of carbonyl (C=O) groups is 2. The molecule has 2 aliphatic heterocycles. The minimum atomic E-state index is -0.389. The number of fused-ring (bicyclic) bond motifs is 3. The molecule has 2 aromatic rings. The largest absolute Gasteiger partial charge is 0.325 e. The van der Waals surface area contributed by atoms with Gasteiger partial charge in [-0.2, -0.15) is 0 Å². The van der Waals surface area contributed by atoms with Crippen molar-refractivity contribution in [2.45, 2.75) is 44.4 Å². The number of anilines is 1. The van der Waals surface area contributed by atoms with Gasteiger partial charge in [0, 0.05) is 11.3 Å². The van der Waals surface area contributed by atoms with Crippen molar-refractivity contribution in [1.82, 2.24) is 4.90 Å². The second-order valence-electron chi connectivity index (χ2n) is 7.21. The van der Waals surface area contributed by atoms with Crippen molar-refractivity contribution in [1.29, 1.82) is 0 Å². The lowest BCUT2D eigenvalue weighted by Gasteiger charge is -2.27. The molecule has 0 saturated carbocycles. The lowest BCUT2D eigenvalue weighted by molar-refractivity contribution is -0.124. The van der Waals surface area contributed by atoms with Crippen molar-refractivity contribution >= 4 is 46.0 Å². The van der Waals surface area contributed by atoms with Crippen LogP contribution in [0.2, 0.25) is 0 Å². The highest BCUT2D eigenvalue weighted by molar-refractivity contribution is 8.15. The smallest absolute Gasteiger partial charge is 0.259 e. The third kappa shape index (κ3) is 3.89. The molecule has 7 heteroatoms. The maximum absolute atomic E-state index is 13.1. The summed E-state index contributed by atoms with van der Waals surface area (Å²) in [5.41, 5.74) is 2.38. The fraction of sp³-hybridized carbons (Fsp3) is 0.304. The first kappa shape index (κ1) is 20.3. The maximum Gasteiger partial charge on any atom is 0.259 e. The molecule has 0 aromatic heterocycles. The predicted octanol–water partition coefficient (Wildman–Crippen LogP) is 4.60. The molecule has 30 heavy (non-hydrogen) atoms. The van der Waals surface area contributed by atoms with Gasteiger partial charge in [-0.05, 0) is 37.1 Å². The van der Waals surface area contributed by atoms with Gasteiger partial charge in [0.2, 0.25) is 5.91 Å². The molecule has 0 saturated heterocycles. The topological polar surface area (TPSA) is 74.1 Å². The van der Waals surface area contributed by atoms with E-state index in [-0.39, 0.29) is 23.1 Å². The molecule has 0 radical (unpaired) electrons. The number of para-hydroxylation sites is 2. The van der Waals surface area contributed by atoms with E-state index in [4.69, 9.17) is 9.98 Å². The van der Waals surface area contributed by atoms with Gasteiger partial charge in [-0.15, -0.1) is 0 Å². The van der Waals surface area contributed by atoms with Crippen molar-refractivity contribution in [3.05, 3.63) is 60.2 Å². The molecule has 2 heterocycles. The van der Waals surface area contributed by atoms with E-state index in [2.05, 4.69) is 5.32 Å². The Hall–Kier alpha value is -2.93. The summed E-state index contributed by atoms with van der Waals surface area (Å²) in [6.45, 7) is 4.00. The van der Waals surface area contributed by atoms with Gasteiger partial charge >= 0.3 is 0 Å². The summed E-state index contributed by atoms with van der Waals surface area (Å²) in [5, 5.41) is 3.09. The molecule has 0 unspecified atom stereocenters. The summed E-state index contributed by atoms with van der Waals surface area (Å²) in [6, 6.07) is 16.7. The molecule has 4 rings (SSSR count). The zero-order chi connectivity index (χ0) is 21.1. The Bertz CT molecular complexity index is 1020. The van der Waals surface area contributed by atoms with Gasteiger partial charge in [-0.3, -0.25) is 14.6 Å². The maximum atomic E-state index is 13.1. The number of hydrogen-bond donors (Lipinski definition) is 1. The van der Waals surface area contributed by atoms with Crippen LogP contribution < -0.4 is 5.32 Å². The Morgan fingerprint density at radius 2 is 1.87 bits per heavy atom. The van der Waals surface area contributed by atoms with Crippen molar-refractivity contribution in [2.75, 3.05) is 5.32 Å². The molecule has 1 N–H and O–H groups in total. The highest BCUT2D eigenvalue weighted by Crippen LogP contribution is 2.35. The summed E-state index contributed by atoms with van der Waals surface area (Å²) in [4.78, 5) is 37.0. The standard InChI is InChI=1S/C23H24N4O2S/c1-3-10-18-22(29)27-20(25-18)16-13-8-9-14-17(16)26-23(27)30-19(4-2)21(28)24-15-11-6-5-7-12-15/h5-9,11-14,18-19H,3-4,10H2,1-2H3,(H,24,28)/t18-,19-/m1/s1. The van der Waals surface area contributed by atoms with Crippen LogP contribution in [-0.2, 0) is 9.59 Å². The number of hydrogen-bond acceptors (Lipinski definition) is 5. The van der Waals surface area contributed by atoms with Gasteiger partial charge in [0.15, 0.2) is 5.17 Å². The number of aliphatic imine (C=N–C) groups is 2. The summed E-state index contributed by atoms with van der Waals surface area (Å²) in [6.07, 6.45) is 2.18. The fourth-order valence-corrected chi connectivity index (χ4v) is 4.56. The summed E-state index contributed by atoms with van der Waals surface area (Å²) < 4.78 is 0. The molecule has 0 bridgehead atoms. The molecule has 2 aliphatic rings. The average molecular weight is 421 g/mol. The molecular weight excluding hydrogens is 396 g/mol.